The molecular formula is C19H19N7O2S. The van der Waals surface area contributed by atoms with Crippen LogP contribution in [0.4, 0.5) is 5.13 Å². The largest absolute Gasteiger partial charge is 0.299 e. The van der Waals surface area contributed by atoms with Gasteiger partial charge >= 0.3 is 0 Å². The Bertz CT molecular complexity index is 1300. The second kappa shape index (κ2) is 7.21. The average molecular weight is 409 g/mol. The number of hydrogen-bond donors (Lipinski definition) is 1. The monoisotopic (exact) mass is 409 g/mol. The molecule has 9 nitrogen and oxygen atoms in total. The van der Waals surface area contributed by atoms with Crippen LogP contribution in [0.3, 0.4) is 0 Å². The van der Waals surface area contributed by atoms with Crippen LogP contribution >= 0.6 is 11.3 Å². The van der Waals surface area contributed by atoms with Gasteiger partial charge in [0, 0.05) is 5.39 Å². The van der Waals surface area contributed by atoms with E-state index in [0.29, 0.717) is 21.7 Å². The first kappa shape index (κ1) is 18.9. The molecule has 1 aromatic carbocycles. The molecule has 1 N–H and O–H groups in total. The van der Waals surface area contributed by atoms with Crippen LogP contribution in [0.2, 0.25) is 0 Å². The summed E-state index contributed by atoms with van der Waals surface area (Å²) in [4.78, 5) is 25.5. The molecule has 0 radical (unpaired) electrons. The number of hydrogen-bond acceptors (Lipinski definition) is 7. The summed E-state index contributed by atoms with van der Waals surface area (Å²) in [5, 5.41) is 20.8. The molecule has 0 bridgehead atoms. The van der Waals surface area contributed by atoms with E-state index in [1.165, 1.54) is 11.3 Å². The number of anilines is 1. The minimum Gasteiger partial charge on any atom is -0.299 e. The highest BCUT2D eigenvalue weighted by molar-refractivity contribution is 7.15. The second-order valence-corrected chi connectivity index (χ2v) is 7.99. The Morgan fingerprint density at radius 3 is 2.62 bits per heavy atom. The number of amides is 1. The molecule has 29 heavy (non-hydrogen) atoms. The third kappa shape index (κ3) is 3.54. The number of rotatable bonds is 4. The highest BCUT2D eigenvalue weighted by Gasteiger charge is 2.17. The van der Waals surface area contributed by atoms with E-state index in [-0.39, 0.29) is 12.1 Å². The molecule has 0 aliphatic rings. The topological polar surface area (TPSA) is 108 Å². The molecule has 148 valence electrons. The predicted octanol–water partition coefficient (Wildman–Crippen LogP) is 2.31. The van der Waals surface area contributed by atoms with E-state index >= 15 is 0 Å². The number of aryl methyl sites for hydroxylation is 4. The molecule has 1 amide bonds. The molecule has 0 unspecified atom stereocenters. The summed E-state index contributed by atoms with van der Waals surface area (Å²) < 4.78 is 2.75. The summed E-state index contributed by atoms with van der Waals surface area (Å²) in [5.74, 6) is -0.397. The van der Waals surface area contributed by atoms with E-state index in [1.54, 1.807) is 24.7 Å². The first-order chi connectivity index (χ1) is 13.8. The van der Waals surface area contributed by atoms with Crippen LogP contribution in [-0.2, 0) is 11.3 Å². The zero-order chi connectivity index (χ0) is 20.7. The highest BCUT2D eigenvalue weighted by Crippen LogP contribution is 2.19. The SMILES string of the molecule is Cc1nnc(NC(=O)Cn2nc(C)c3cnn(-c4ccc(C)c(C)c4)c3c2=O)s1. The fourth-order valence-corrected chi connectivity index (χ4v) is 3.63. The van der Waals surface area contributed by atoms with Gasteiger partial charge in [-0.15, -0.1) is 10.2 Å². The number of carbonyl (C=O) groups is 1. The third-order valence-electron chi connectivity index (χ3n) is 4.67. The summed E-state index contributed by atoms with van der Waals surface area (Å²) in [6, 6.07) is 5.88. The summed E-state index contributed by atoms with van der Waals surface area (Å²) >= 11 is 1.26. The number of benzene rings is 1. The van der Waals surface area contributed by atoms with Gasteiger partial charge in [0.25, 0.3) is 5.56 Å². The van der Waals surface area contributed by atoms with Crippen molar-refractivity contribution in [2.75, 3.05) is 5.32 Å². The van der Waals surface area contributed by atoms with Gasteiger partial charge < -0.3 is 0 Å². The summed E-state index contributed by atoms with van der Waals surface area (Å²) in [7, 11) is 0. The lowest BCUT2D eigenvalue weighted by atomic mass is 10.1. The first-order valence-electron chi connectivity index (χ1n) is 8.96. The standard InChI is InChI=1S/C19H19N7O2S/c1-10-5-6-14(7-11(10)2)26-17-15(8-20-26)12(3)24-25(18(17)28)9-16(27)21-19-23-22-13(4)29-19/h5-8H,9H2,1-4H3,(H,21,23,27). The lowest BCUT2D eigenvalue weighted by Crippen LogP contribution is -2.31. The minimum atomic E-state index is -0.397. The van der Waals surface area contributed by atoms with Crippen LogP contribution in [-0.4, -0.2) is 35.7 Å². The Morgan fingerprint density at radius 2 is 1.93 bits per heavy atom. The molecule has 10 heteroatoms. The maximum absolute atomic E-state index is 13.1. The van der Waals surface area contributed by atoms with Crippen LogP contribution in [0.1, 0.15) is 21.8 Å². The van der Waals surface area contributed by atoms with Gasteiger partial charge in [-0.1, -0.05) is 17.4 Å². The molecule has 0 atom stereocenters. The van der Waals surface area contributed by atoms with Crippen molar-refractivity contribution in [2.24, 2.45) is 0 Å². The smallest absolute Gasteiger partial charge is 0.293 e. The quantitative estimate of drug-likeness (QED) is 0.554. The number of aromatic nitrogens is 6. The second-order valence-electron chi connectivity index (χ2n) is 6.81. The van der Waals surface area contributed by atoms with Gasteiger partial charge in [-0.05, 0) is 51.0 Å². The van der Waals surface area contributed by atoms with Crippen molar-refractivity contribution in [3.63, 3.8) is 0 Å². The molecule has 4 rings (SSSR count). The van der Waals surface area contributed by atoms with Gasteiger partial charge in [-0.2, -0.15) is 10.2 Å². The zero-order valence-corrected chi connectivity index (χ0v) is 17.2. The third-order valence-corrected chi connectivity index (χ3v) is 5.42. The van der Waals surface area contributed by atoms with Crippen molar-refractivity contribution in [3.05, 3.63) is 56.6 Å². The van der Waals surface area contributed by atoms with E-state index in [2.05, 4.69) is 25.7 Å². The van der Waals surface area contributed by atoms with Crippen molar-refractivity contribution < 1.29 is 4.79 Å². The Balaban J connectivity index is 1.74. The van der Waals surface area contributed by atoms with Crippen molar-refractivity contribution in [2.45, 2.75) is 34.2 Å². The number of nitrogens with one attached hydrogen (secondary N) is 1. The Hall–Kier alpha value is -3.40. The van der Waals surface area contributed by atoms with E-state index in [9.17, 15) is 9.59 Å². The Labute approximate surface area is 170 Å². The summed E-state index contributed by atoms with van der Waals surface area (Å²) in [5.41, 5.74) is 3.67. The van der Waals surface area contributed by atoms with Gasteiger partial charge in [-0.3, -0.25) is 14.9 Å². The molecule has 0 aliphatic carbocycles. The normalized spacial score (nSPS) is 11.2. The molecule has 0 saturated heterocycles. The molecule has 3 heterocycles. The molecule has 3 aromatic heterocycles. The molecular weight excluding hydrogens is 390 g/mol. The predicted molar refractivity (Wildman–Crippen MR) is 111 cm³/mol. The molecule has 4 aromatic rings. The lowest BCUT2D eigenvalue weighted by molar-refractivity contribution is -0.117. The van der Waals surface area contributed by atoms with Crippen LogP contribution in [0.15, 0.2) is 29.2 Å². The molecule has 0 fully saturated rings. The Morgan fingerprint density at radius 1 is 1.14 bits per heavy atom. The van der Waals surface area contributed by atoms with E-state index in [4.69, 9.17) is 0 Å². The van der Waals surface area contributed by atoms with Gasteiger partial charge in [0.1, 0.15) is 17.1 Å². The van der Waals surface area contributed by atoms with Gasteiger partial charge in [0.05, 0.1) is 17.6 Å². The van der Waals surface area contributed by atoms with E-state index in [1.807, 2.05) is 32.0 Å². The van der Waals surface area contributed by atoms with E-state index in [0.717, 1.165) is 26.5 Å². The molecule has 0 spiro atoms. The molecule has 0 aliphatic heterocycles. The van der Waals surface area contributed by atoms with Gasteiger partial charge in [0.2, 0.25) is 11.0 Å². The maximum atomic E-state index is 13.1. The fraction of sp³-hybridized carbons (Fsp3) is 0.263. The van der Waals surface area contributed by atoms with Crippen molar-refractivity contribution in [3.8, 4) is 5.69 Å². The lowest BCUT2D eigenvalue weighted by Gasteiger charge is -2.09. The highest BCUT2D eigenvalue weighted by atomic mass is 32.1. The fourth-order valence-electron chi connectivity index (χ4n) is 3.02. The van der Waals surface area contributed by atoms with Crippen molar-refractivity contribution in [1.29, 1.82) is 0 Å². The van der Waals surface area contributed by atoms with Gasteiger partial charge in [-0.25, -0.2) is 9.36 Å². The molecule has 0 saturated carbocycles. The van der Waals surface area contributed by atoms with Crippen LogP contribution in [0.5, 0.6) is 0 Å². The summed E-state index contributed by atoms with van der Waals surface area (Å²) in [6.45, 7) is 7.39. The summed E-state index contributed by atoms with van der Waals surface area (Å²) in [6.07, 6.45) is 1.63. The van der Waals surface area contributed by atoms with Crippen molar-refractivity contribution in [1.82, 2.24) is 29.8 Å². The number of carbonyl (C=O) groups excluding carboxylic acids is 1. The average Bonchev–Trinajstić information content (AvgIpc) is 3.28. The Kier molecular flexibility index (Phi) is 4.71. The van der Waals surface area contributed by atoms with Crippen LogP contribution < -0.4 is 10.9 Å². The minimum absolute atomic E-state index is 0.230. The number of fused-ring (bicyclic) bond motifs is 1. The van der Waals surface area contributed by atoms with E-state index < -0.39 is 5.91 Å². The number of nitrogens with zero attached hydrogens (tertiary/aromatic N) is 6. The van der Waals surface area contributed by atoms with Crippen LogP contribution in [0, 0.1) is 27.7 Å². The zero-order valence-electron chi connectivity index (χ0n) is 16.4. The maximum Gasteiger partial charge on any atom is 0.293 e. The van der Waals surface area contributed by atoms with Gasteiger partial charge in [0.15, 0.2) is 0 Å². The van der Waals surface area contributed by atoms with Crippen molar-refractivity contribution >= 4 is 33.3 Å². The first-order valence-corrected chi connectivity index (χ1v) is 9.78. The van der Waals surface area contributed by atoms with Crippen LogP contribution in [0.25, 0.3) is 16.6 Å².